The summed E-state index contributed by atoms with van der Waals surface area (Å²) < 4.78 is 29.8. The quantitative estimate of drug-likeness (QED) is 0.396. The fraction of sp³-hybridized carbons (Fsp3) is 0.704. The molecule has 4 heterocycles. The van der Waals surface area contributed by atoms with Gasteiger partial charge in [0.2, 0.25) is 5.79 Å². The molecule has 9 heteroatoms. The van der Waals surface area contributed by atoms with Crippen LogP contribution in [0.2, 0.25) is 0 Å². The number of rotatable bonds is 7. The Morgan fingerprint density at radius 3 is 2.78 bits per heavy atom. The van der Waals surface area contributed by atoms with Crippen molar-refractivity contribution in [2.45, 2.75) is 83.5 Å². The molecule has 9 atom stereocenters. The maximum atomic E-state index is 11.8. The molecule has 1 aromatic rings. The lowest BCUT2D eigenvalue weighted by Crippen LogP contribution is -2.70. The van der Waals surface area contributed by atoms with Crippen LogP contribution in [0.15, 0.2) is 24.3 Å². The second-order valence-electron chi connectivity index (χ2n) is 10.6. The minimum atomic E-state index is -0.973. The van der Waals surface area contributed by atoms with Gasteiger partial charge in [0.25, 0.3) is 0 Å². The molecule has 36 heavy (non-hydrogen) atoms. The summed E-state index contributed by atoms with van der Waals surface area (Å²) in [7, 11) is 0. The van der Waals surface area contributed by atoms with Crippen molar-refractivity contribution in [1.82, 2.24) is 0 Å². The lowest BCUT2D eigenvalue weighted by Gasteiger charge is -2.60. The first-order valence-electron chi connectivity index (χ1n) is 12.9. The average Bonchev–Trinajstić information content (AvgIpc) is 3.10. The molecule has 1 saturated carbocycles. The molecule has 0 N–H and O–H groups in total. The number of para-hydroxylation sites is 1. The number of ether oxygens (including phenoxy) is 5. The number of fused-ring (bicyclic) bond motifs is 2. The largest absolute Gasteiger partial charge is 0.481 e. The third-order valence-corrected chi connectivity index (χ3v) is 8.34. The van der Waals surface area contributed by atoms with E-state index in [9.17, 15) is 10.1 Å². The van der Waals surface area contributed by atoms with Crippen LogP contribution in [0.1, 0.15) is 65.0 Å². The van der Waals surface area contributed by atoms with Gasteiger partial charge in [-0.05, 0) is 51.0 Å². The van der Waals surface area contributed by atoms with Crippen LogP contribution in [0.4, 0.5) is 0 Å². The second kappa shape index (κ2) is 9.92. The molecule has 0 radical (unpaired) electrons. The van der Waals surface area contributed by atoms with E-state index in [0.29, 0.717) is 17.2 Å². The molecular formula is C27H35NO8. The van der Waals surface area contributed by atoms with E-state index >= 15 is 0 Å². The van der Waals surface area contributed by atoms with Crippen LogP contribution in [0.3, 0.4) is 0 Å². The van der Waals surface area contributed by atoms with Gasteiger partial charge in [0, 0.05) is 23.8 Å². The molecule has 1 aliphatic carbocycles. The van der Waals surface area contributed by atoms with Gasteiger partial charge in [-0.2, -0.15) is 5.26 Å². The smallest absolute Gasteiger partial charge is 0.344 e. The molecule has 1 spiro atoms. The molecule has 4 aliphatic heterocycles. The SMILES string of the molecule is CCOC(=O)COc1ccccc1[C@H](C#N)O[C@H]1O[C@@H]2O[C@]3(C)CCC4[C@H](C)CCC([C@H]1C)[C@]42OO3. The summed E-state index contributed by atoms with van der Waals surface area (Å²) in [5, 5.41) is 10.1. The fourth-order valence-corrected chi connectivity index (χ4v) is 6.50. The van der Waals surface area contributed by atoms with Gasteiger partial charge >= 0.3 is 5.97 Å². The normalized spacial score (nSPS) is 39.9. The molecule has 0 amide bonds. The van der Waals surface area contributed by atoms with E-state index in [1.54, 1.807) is 31.2 Å². The number of benzene rings is 1. The van der Waals surface area contributed by atoms with Crippen LogP contribution in [0.25, 0.3) is 0 Å². The first kappa shape index (κ1) is 25.4. The Hall–Kier alpha value is -2.22. The highest BCUT2D eigenvalue weighted by Crippen LogP contribution is 2.60. The zero-order chi connectivity index (χ0) is 25.5. The molecule has 5 fully saturated rings. The Kier molecular flexibility index (Phi) is 7.01. The number of nitrogens with zero attached hydrogens (tertiary/aromatic N) is 1. The summed E-state index contributed by atoms with van der Waals surface area (Å²) in [6.45, 7) is 7.97. The third-order valence-electron chi connectivity index (χ3n) is 8.34. The van der Waals surface area contributed by atoms with E-state index in [1.807, 2.05) is 6.92 Å². The molecule has 0 aromatic heterocycles. The third kappa shape index (κ3) is 4.29. The number of carbonyl (C=O) groups is 1. The summed E-state index contributed by atoms with van der Waals surface area (Å²) in [5.74, 6) is -0.261. The van der Waals surface area contributed by atoms with Crippen LogP contribution in [0.5, 0.6) is 5.75 Å². The summed E-state index contributed by atoms with van der Waals surface area (Å²) in [4.78, 5) is 23.8. The monoisotopic (exact) mass is 501 g/mol. The standard InChI is InChI=1S/C27H35NO8/c1-5-30-23(29)15-31-21-9-7-6-8-18(21)22(14-28)32-24-17(3)20-11-10-16(2)19-12-13-26(4)34-25(33-24)27(19,20)36-35-26/h6-9,16-17,19-20,22,24-25H,5,10-13,15H2,1-4H3/t16-,17-,19?,20?,22+,24+,25-,26+,27-/m1/s1. The Morgan fingerprint density at radius 1 is 1.19 bits per heavy atom. The van der Waals surface area contributed by atoms with Crippen molar-refractivity contribution in [3.8, 4) is 11.8 Å². The average molecular weight is 502 g/mol. The van der Waals surface area contributed by atoms with Gasteiger partial charge in [-0.15, -0.1) is 0 Å². The Morgan fingerprint density at radius 2 is 2.00 bits per heavy atom. The van der Waals surface area contributed by atoms with Crippen LogP contribution in [0, 0.1) is 35.0 Å². The van der Waals surface area contributed by atoms with Gasteiger partial charge in [-0.3, -0.25) is 0 Å². The van der Waals surface area contributed by atoms with Crippen molar-refractivity contribution in [1.29, 1.82) is 5.26 Å². The van der Waals surface area contributed by atoms with Crippen molar-refractivity contribution in [2.75, 3.05) is 13.2 Å². The lowest BCUT2D eigenvalue weighted by molar-refractivity contribution is -0.578. The lowest BCUT2D eigenvalue weighted by atomic mass is 9.58. The van der Waals surface area contributed by atoms with E-state index in [1.165, 1.54) is 0 Å². The van der Waals surface area contributed by atoms with Gasteiger partial charge < -0.3 is 23.7 Å². The molecule has 9 nitrogen and oxygen atoms in total. The zero-order valence-electron chi connectivity index (χ0n) is 21.3. The first-order chi connectivity index (χ1) is 17.3. The Bertz CT molecular complexity index is 1010. The molecule has 5 aliphatic rings. The molecule has 2 unspecified atom stereocenters. The zero-order valence-corrected chi connectivity index (χ0v) is 21.3. The summed E-state index contributed by atoms with van der Waals surface area (Å²) >= 11 is 0. The number of hydrogen-bond acceptors (Lipinski definition) is 9. The number of nitriles is 1. The highest BCUT2D eigenvalue weighted by Gasteiger charge is 2.69. The summed E-state index contributed by atoms with van der Waals surface area (Å²) in [6.07, 6.45) is 1.34. The molecule has 4 saturated heterocycles. The topological polar surface area (TPSA) is 105 Å². The van der Waals surface area contributed by atoms with Gasteiger partial charge in [-0.1, -0.05) is 32.0 Å². The first-order valence-corrected chi connectivity index (χ1v) is 12.9. The maximum Gasteiger partial charge on any atom is 0.344 e. The van der Waals surface area contributed by atoms with E-state index < -0.39 is 36.0 Å². The van der Waals surface area contributed by atoms with Crippen molar-refractivity contribution in [3.63, 3.8) is 0 Å². The minimum Gasteiger partial charge on any atom is -0.481 e. The minimum absolute atomic E-state index is 0.0747. The second-order valence-corrected chi connectivity index (χ2v) is 10.6. The Labute approximate surface area is 211 Å². The highest BCUT2D eigenvalue weighted by atomic mass is 17.3. The number of carbonyl (C=O) groups excluding carboxylic acids is 1. The van der Waals surface area contributed by atoms with Gasteiger partial charge in [0.1, 0.15) is 5.75 Å². The molecular weight excluding hydrogens is 466 g/mol. The molecule has 6 rings (SSSR count). The summed E-state index contributed by atoms with van der Waals surface area (Å²) in [5.41, 5.74) is -0.180. The van der Waals surface area contributed by atoms with Gasteiger partial charge in [-0.25, -0.2) is 14.6 Å². The number of esters is 1. The van der Waals surface area contributed by atoms with Crippen molar-refractivity contribution >= 4 is 5.97 Å². The van der Waals surface area contributed by atoms with Crippen LogP contribution >= 0.6 is 0 Å². The highest BCUT2D eigenvalue weighted by molar-refractivity contribution is 5.71. The van der Waals surface area contributed by atoms with E-state index in [2.05, 4.69) is 19.9 Å². The molecule has 2 bridgehead atoms. The van der Waals surface area contributed by atoms with Crippen LogP contribution in [-0.4, -0.2) is 43.2 Å². The van der Waals surface area contributed by atoms with Crippen LogP contribution < -0.4 is 4.74 Å². The van der Waals surface area contributed by atoms with E-state index in [4.69, 9.17) is 33.5 Å². The fourth-order valence-electron chi connectivity index (χ4n) is 6.50. The van der Waals surface area contributed by atoms with Crippen molar-refractivity contribution < 1.29 is 38.3 Å². The number of hydrogen-bond donors (Lipinski definition) is 0. The van der Waals surface area contributed by atoms with E-state index in [0.717, 1.165) is 25.7 Å². The van der Waals surface area contributed by atoms with Crippen molar-refractivity contribution in [2.24, 2.45) is 23.7 Å². The predicted octanol–water partition coefficient (Wildman–Crippen LogP) is 4.42. The van der Waals surface area contributed by atoms with Gasteiger partial charge in [0.15, 0.2) is 30.9 Å². The van der Waals surface area contributed by atoms with Gasteiger partial charge in [0.05, 0.1) is 12.7 Å². The predicted molar refractivity (Wildman–Crippen MR) is 125 cm³/mol. The Balaban J connectivity index is 1.38. The van der Waals surface area contributed by atoms with Crippen molar-refractivity contribution in [3.05, 3.63) is 29.8 Å². The van der Waals surface area contributed by atoms with Crippen LogP contribution in [-0.2, 0) is 33.5 Å². The molecule has 196 valence electrons. The summed E-state index contributed by atoms with van der Waals surface area (Å²) in [6, 6.07) is 9.26. The van der Waals surface area contributed by atoms with E-state index in [-0.39, 0.29) is 31.0 Å². The molecule has 1 aromatic carbocycles. The maximum absolute atomic E-state index is 11.8.